The van der Waals surface area contributed by atoms with Gasteiger partial charge in [0.05, 0.1) is 25.1 Å². The number of nitrogen functional groups attached to an aromatic ring is 1. The average Bonchev–Trinajstić information content (AvgIpc) is 2.84. The number of anilines is 1. The van der Waals surface area contributed by atoms with Gasteiger partial charge in [-0.3, -0.25) is 14.7 Å². The average molecular weight is 267 g/mol. The summed E-state index contributed by atoms with van der Waals surface area (Å²) in [5, 5.41) is 8.96. The minimum absolute atomic E-state index is 0.186. The number of nitrogens with zero attached hydrogens (tertiary/aromatic N) is 2. The molecule has 19 heavy (non-hydrogen) atoms. The molecule has 0 aliphatic carbocycles. The van der Waals surface area contributed by atoms with Crippen LogP contribution in [-0.2, 0) is 9.53 Å². The summed E-state index contributed by atoms with van der Waals surface area (Å²) >= 11 is 0. The number of aromatic amines is 1. The smallest absolute Gasteiger partial charge is 0.274 e. The summed E-state index contributed by atoms with van der Waals surface area (Å²) in [6.45, 7) is 3.25. The molecule has 2 rings (SSSR count). The standard InChI is InChI=1S/C11H17N5O3/c1-2-13-10(17)8-6-19-4-3-16(8)11(18)9-7(12)5-14-15-9/h5,8H,2-4,6,12H2,1H3,(H,13,17)(H,14,15). The van der Waals surface area contributed by atoms with Crippen LogP contribution >= 0.6 is 0 Å². The maximum Gasteiger partial charge on any atom is 0.274 e. The molecule has 2 heterocycles. The fourth-order valence-electron chi connectivity index (χ4n) is 1.97. The highest BCUT2D eigenvalue weighted by Gasteiger charge is 2.34. The molecule has 1 unspecified atom stereocenters. The zero-order valence-corrected chi connectivity index (χ0v) is 10.7. The van der Waals surface area contributed by atoms with Crippen molar-refractivity contribution in [2.75, 3.05) is 32.0 Å². The molecule has 0 spiro atoms. The number of nitrogens with one attached hydrogen (secondary N) is 2. The van der Waals surface area contributed by atoms with Crippen LogP contribution in [0.5, 0.6) is 0 Å². The van der Waals surface area contributed by atoms with Gasteiger partial charge in [-0.2, -0.15) is 5.10 Å². The first kappa shape index (κ1) is 13.3. The van der Waals surface area contributed by atoms with E-state index in [0.29, 0.717) is 19.7 Å². The molecule has 104 valence electrons. The molecule has 0 radical (unpaired) electrons. The largest absolute Gasteiger partial charge is 0.396 e. The van der Waals surface area contributed by atoms with Gasteiger partial charge in [0.25, 0.3) is 5.91 Å². The van der Waals surface area contributed by atoms with E-state index in [2.05, 4.69) is 15.5 Å². The van der Waals surface area contributed by atoms with Crippen molar-refractivity contribution in [1.82, 2.24) is 20.4 Å². The Balaban J connectivity index is 2.18. The van der Waals surface area contributed by atoms with Gasteiger partial charge in [0, 0.05) is 13.1 Å². The molecular formula is C11H17N5O3. The van der Waals surface area contributed by atoms with Gasteiger partial charge in [0.1, 0.15) is 11.7 Å². The first-order chi connectivity index (χ1) is 9.15. The molecule has 1 aromatic heterocycles. The lowest BCUT2D eigenvalue weighted by Crippen LogP contribution is -2.56. The number of likely N-dealkylation sites (N-methyl/N-ethyl adjacent to an activating group) is 1. The minimum Gasteiger partial charge on any atom is -0.396 e. The van der Waals surface area contributed by atoms with Crippen molar-refractivity contribution in [3.8, 4) is 0 Å². The van der Waals surface area contributed by atoms with Gasteiger partial charge in [0.15, 0.2) is 0 Å². The Bertz CT molecular complexity index is 473. The van der Waals surface area contributed by atoms with E-state index in [4.69, 9.17) is 10.5 Å². The number of aromatic nitrogens is 2. The quantitative estimate of drug-likeness (QED) is 0.648. The molecule has 0 bridgehead atoms. The van der Waals surface area contributed by atoms with Gasteiger partial charge < -0.3 is 20.7 Å². The predicted octanol–water partition coefficient (Wildman–Crippen LogP) is -1.03. The molecule has 1 aliphatic heterocycles. The van der Waals surface area contributed by atoms with Crippen LogP contribution in [0.1, 0.15) is 17.4 Å². The highest BCUT2D eigenvalue weighted by atomic mass is 16.5. The number of rotatable bonds is 3. The Morgan fingerprint density at radius 2 is 2.47 bits per heavy atom. The number of carbonyl (C=O) groups is 2. The minimum atomic E-state index is -0.635. The fraction of sp³-hybridized carbons (Fsp3) is 0.545. The van der Waals surface area contributed by atoms with E-state index in [0.717, 1.165) is 0 Å². The Labute approximate surface area is 110 Å². The summed E-state index contributed by atoms with van der Waals surface area (Å²) in [6.07, 6.45) is 1.37. The molecule has 1 atom stereocenters. The molecule has 2 amide bonds. The highest BCUT2D eigenvalue weighted by molar-refractivity contribution is 5.99. The van der Waals surface area contributed by atoms with Crippen LogP contribution < -0.4 is 11.1 Å². The van der Waals surface area contributed by atoms with Crippen LogP contribution in [0.2, 0.25) is 0 Å². The first-order valence-corrected chi connectivity index (χ1v) is 6.10. The third-order valence-electron chi connectivity index (χ3n) is 2.93. The number of hydrogen-bond donors (Lipinski definition) is 3. The molecule has 8 heteroatoms. The predicted molar refractivity (Wildman–Crippen MR) is 67.3 cm³/mol. The zero-order valence-electron chi connectivity index (χ0n) is 10.7. The maximum atomic E-state index is 12.3. The van der Waals surface area contributed by atoms with Crippen LogP contribution in [0.4, 0.5) is 5.69 Å². The number of nitrogens with two attached hydrogens (primary N) is 1. The van der Waals surface area contributed by atoms with E-state index in [-0.39, 0.29) is 29.8 Å². The molecule has 1 aromatic rings. The van der Waals surface area contributed by atoms with Crippen LogP contribution in [0.15, 0.2) is 6.20 Å². The normalized spacial score (nSPS) is 19.2. The van der Waals surface area contributed by atoms with Crippen molar-refractivity contribution in [3.05, 3.63) is 11.9 Å². The third kappa shape index (κ3) is 2.68. The summed E-state index contributed by atoms with van der Waals surface area (Å²) in [7, 11) is 0. The number of carbonyl (C=O) groups excluding carboxylic acids is 2. The van der Waals surface area contributed by atoms with E-state index in [1.165, 1.54) is 11.1 Å². The topological polar surface area (TPSA) is 113 Å². The molecule has 0 aromatic carbocycles. The van der Waals surface area contributed by atoms with Gasteiger partial charge in [0.2, 0.25) is 5.91 Å². The van der Waals surface area contributed by atoms with Crippen molar-refractivity contribution >= 4 is 17.5 Å². The van der Waals surface area contributed by atoms with E-state index in [9.17, 15) is 9.59 Å². The van der Waals surface area contributed by atoms with E-state index < -0.39 is 6.04 Å². The van der Waals surface area contributed by atoms with E-state index >= 15 is 0 Å². The second-order valence-corrected chi connectivity index (χ2v) is 4.18. The number of amides is 2. The Hall–Kier alpha value is -2.09. The molecular weight excluding hydrogens is 250 g/mol. The summed E-state index contributed by atoms with van der Waals surface area (Å²) in [4.78, 5) is 25.7. The van der Waals surface area contributed by atoms with Crippen LogP contribution in [-0.4, -0.2) is 59.3 Å². The molecule has 8 nitrogen and oxygen atoms in total. The Morgan fingerprint density at radius 1 is 1.68 bits per heavy atom. The molecule has 1 saturated heterocycles. The Kier molecular flexibility index (Phi) is 4.00. The summed E-state index contributed by atoms with van der Waals surface area (Å²) in [5.74, 6) is -0.566. The van der Waals surface area contributed by atoms with E-state index in [1.54, 1.807) is 0 Å². The van der Waals surface area contributed by atoms with Crippen LogP contribution in [0.25, 0.3) is 0 Å². The summed E-state index contributed by atoms with van der Waals surface area (Å²) < 4.78 is 5.27. The Morgan fingerprint density at radius 3 is 3.11 bits per heavy atom. The number of ether oxygens (including phenoxy) is 1. The SMILES string of the molecule is CCNC(=O)C1COCCN1C(=O)c1[nH]ncc1N. The number of morpholine rings is 1. The van der Waals surface area contributed by atoms with Crippen molar-refractivity contribution in [2.45, 2.75) is 13.0 Å². The third-order valence-corrected chi connectivity index (χ3v) is 2.93. The van der Waals surface area contributed by atoms with Crippen LogP contribution in [0.3, 0.4) is 0 Å². The van der Waals surface area contributed by atoms with Crippen LogP contribution in [0, 0.1) is 0 Å². The van der Waals surface area contributed by atoms with E-state index in [1.807, 2.05) is 6.92 Å². The van der Waals surface area contributed by atoms with Gasteiger partial charge in [-0.1, -0.05) is 0 Å². The maximum absolute atomic E-state index is 12.3. The molecule has 4 N–H and O–H groups in total. The lowest BCUT2D eigenvalue weighted by molar-refractivity contribution is -0.130. The van der Waals surface area contributed by atoms with Gasteiger partial charge >= 0.3 is 0 Å². The monoisotopic (exact) mass is 267 g/mol. The highest BCUT2D eigenvalue weighted by Crippen LogP contribution is 2.15. The summed E-state index contributed by atoms with van der Waals surface area (Å²) in [5.41, 5.74) is 6.13. The first-order valence-electron chi connectivity index (χ1n) is 6.10. The molecule has 0 saturated carbocycles. The second-order valence-electron chi connectivity index (χ2n) is 4.18. The number of hydrogen-bond acceptors (Lipinski definition) is 5. The van der Waals surface area contributed by atoms with Gasteiger partial charge in [-0.25, -0.2) is 0 Å². The molecule has 1 fully saturated rings. The zero-order chi connectivity index (χ0) is 13.8. The van der Waals surface area contributed by atoms with Crippen molar-refractivity contribution in [3.63, 3.8) is 0 Å². The van der Waals surface area contributed by atoms with Crippen molar-refractivity contribution in [2.24, 2.45) is 0 Å². The summed E-state index contributed by atoms with van der Waals surface area (Å²) in [6, 6.07) is -0.635. The lowest BCUT2D eigenvalue weighted by atomic mass is 10.2. The van der Waals surface area contributed by atoms with Gasteiger partial charge in [-0.15, -0.1) is 0 Å². The lowest BCUT2D eigenvalue weighted by Gasteiger charge is -2.34. The van der Waals surface area contributed by atoms with Crippen molar-refractivity contribution in [1.29, 1.82) is 0 Å². The number of H-pyrrole nitrogens is 1. The fourth-order valence-corrected chi connectivity index (χ4v) is 1.97. The molecule has 1 aliphatic rings. The van der Waals surface area contributed by atoms with Gasteiger partial charge in [-0.05, 0) is 6.92 Å². The van der Waals surface area contributed by atoms with Crippen molar-refractivity contribution < 1.29 is 14.3 Å². The second kappa shape index (κ2) is 5.70.